The van der Waals surface area contributed by atoms with Gasteiger partial charge in [0.15, 0.2) is 0 Å². The quantitative estimate of drug-likeness (QED) is 0.894. The van der Waals surface area contributed by atoms with Gasteiger partial charge in [0.1, 0.15) is 5.82 Å². The SMILES string of the molecule is O=C(Cc1ccc(F)cc1)NCc1ccccn1. The van der Waals surface area contributed by atoms with Gasteiger partial charge in [0.25, 0.3) is 0 Å². The minimum absolute atomic E-state index is 0.104. The molecule has 3 nitrogen and oxygen atoms in total. The van der Waals surface area contributed by atoms with Gasteiger partial charge >= 0.3 is 0 Å². The number of hydrogen-bond donors (Lipinski definition) is 1. The molecule has 0 atom stereocenters. The van der Waals surface area contributed by atoms with Crippen LogP contribution in [0.1, 0.15) is 11.3 Å². The molecule has 4 heteroatoms. The number of nitrogens with zero attached hydrogens (tertiary/aromatic N) is 1. The average molecular weight is 244 g/mol. The van der Waals surface area contributed by atoms with E-state index in [1.807, 2.05) is 18.2 Å². The van der Waals surface area contributed by atoms with Gasteiger partial charge in [0.2, 0.25) is 5.91 Å². The third-order valence-electron chi connectivity index (χ3n) is 2.47. The highest BCUT2D eigenvalue weighted by atomic mass is 19.1. The minimum atomic E-state index is -0.298. The van der Waals surface area contributed by atoms with Crippen LogP contribution in [-0.4, -0.2) is 10.9 Å². The molecule has 18 heavy (non-hydrogen) atoms. The van der Waals surface area contributed by atoms with Gasteiger partial charge in [-0.3, -0.25) is 9.78 Å². The Balaban J connectivity index is 1.84. The predicted molar refractivity (Wildman–Crippen MR) is 66.2 cm³/mol. The number of pyridine rings is 1. The van der Waals surface area contributed by atoms with E-state index in [9.17, 15) is 9.18 Å². The van der Waals surface area contributed by atoms with Crippen molar-refractivity contribution in [3.05, 3.63) is 65.7 Å². The summed E-state index contributed by atoms with van der Waals surface area (Å²) in [4.78, 5) is 15.7. The summed E-state index contributed by atoms with van der Waals surface area (Å²) in [7, 11) is 0. The van der Waals surface area contributed by atoms with Crippen molar-refractivity contribution in [3.63, 3.8) is 0 Å². The van der Waals surface area contributed by atoms with Crippen molar-refractivity contribution < 1.29 is 9.18 Å². The van der Waals surface area contributed by atoms with Crippen LogP contribution in [0.2, 0.25) is 0 Å². The van der Waals surface area contributed by atoms with E-state index < -0.39 is 0 Å². The zero-order valence-electron chi connectivity index (χ0n) is 9.77. The Hall–Kier alpha value is -2.23. The third kappa shape index (κ3) is 3.66. The summed E-state index contributed by atoms with van der Waals surface area (Å²) in [6.07, 6.45) is 1.93. The summed E-state index contributed by atoms with van der Waals surface area (Å²) in [5.74, 6) is -0.403. The van der Waals surface area contributed by atoms with Gasteiger partial charge in [-0.05, 0) is 29.8 Å². The number of halogens is 1. The number of nitrogens with one attached hydrogen (secondary N) is 1. The van der Waals surface area contributed by atoms with Gasteiger partial charge in [-0.1, -0.05) is 18.2 Å². The second kappa shape index (κ2) is 5.91. The van der Waals surface area contributed by atoms with E-state index in [1.54, 1.807) is 18.3 Å². The summed E-state index contributed by atoms with van der Waals surface area (Å²) >= 11 is 0. The lowest BCUT2D eigenvalue weighted by molar-refractivity contribution is -0.120. The standard InChI is InChI=1S/C14H13FN2O/c15-12-6-4-11(5-7-12)9-14(18)17-10-13-3-1-2-8-16-13/h1-8H,9-10H2,(H,17,18). The van der Waals surface area contributed by atoms with Gasteiger partial charge in [-0.2, -0.15) is 0 Å². The Kier molecular flexibility index (Phi) is 4.02. The molecule has 1 N–H and O–H groups in total. The van der Waals surface area contributed by atoms with Crippen LogP contribution in [-0.2, 0) is 17.8 Å². The van der Waals surface area contributed by atoms with Crippen LogP contribution in [0.25, 0.3) is 0 Å². The maximum Gasteiger partial charge on any atom is 0.224 e. The maximum absolute atomic E-state index is 12.7. The van der Waals surface area contributed by atoms with Gasteiger partial charge in [0.05, 0.1) is 18.7 Å². The van der Waals surface area contributed by atoms with Crippen molar-refractivity contribution in [1.82, 2.24) is 10.3 Å². The minimum Gasteiger partial charge on any atom is -0.350 e. The maximum atomic E-state index is 12.7. The topological polar surface area (TPSA) is 42.0 Å². The first-order chi connectivity index (χ1) is 8.74. The molecule has 1 aromatic heterocycles. The molecule has 0 aliphatic heterocycles. The Bertz CT molecular complexity index is 511. The highest BCUT2D eigenvalue weighted by molar-refractivity contribution is 5.78. The molecule has 2 rings (SSSR count). The van der Waals surface area contributed by atoms with E-state index in [2.05, 4.69) is 10.3 Å². The number of amides is 1. The van der Waals surface area contributed by atoms with Crippen molar-refractivity contribution in [2.45, 2.75) is 13.0 Å². The second-order valence-electron chi connectivity index (χ2n) is 3.90. The molecule has 1 heterocycles. The zero-order valence-corrected chi connectivity index (χ0v) is 9.77. The predicted octanol–water partition coefficient (Wildman–Crippen LogP) is 2.08. The van der Waals surface area contributed by atoms with Crippen LogP contribution in [0.4, 0.5) is 4.39 Å². The molecule has 0 spiro atoms. The number of carbonyl (C=O) groups is 1. The molecule has 0 saturated heterocycles. The lowest BCUT2D eigenvalue weighted by Crippen LogP contribution is -2.24. The number of hydrogen-bond acceptors (Lipinski definition) is 2. The normalized spacial score (nSPS) is 10.1. The largest absolute Gasteiger partial charge is 0.350 e. The highest BCUT2D eigenvalue weighted by Gasteiger charge is 2.03. The summed E-state index contributed by atoms with van der Waals surface area (Å²) in [5, 5.41) is 2.77. The molecule has 0 radical (unpaired) electrons. The van der Waals surface area contributed by atoms with E-state index in [0.717, 1.165) is 11.3 Å². The van der Waals surface area contributed by atoms with Crippen molar-refractivity contribution in [2.24, 2.45) is 0 Å². The summed E-state index contributed by atoms with van der Waals surface area (Å²) < 4.78 is 12.7. The molecular formula is C14H13FN2O. The number of aromatic nitrogens is 1. The third-order valence-corrected chi connectivity index (χ3v) is 2.47. The van der Waals surface area contributed by atoms with Gasteiger partial charge < -0.3 is 5.32 Å². The molecule has 0 aliphatic carbocycles. The monoisotopic (exact) mass is 244 g/mol. The Morgan fingerprint density at radius 2 is 1.94 bits per heavy atom. The van der Waals surface area contributed by atoms with Crippen LogP contribution in [0.3, 0.4) is 0 Å². The fraction of sp³-hybridized carbons (Fsp3) is 0.143. The van der Waals surface area contributed by atoms with Crippen molar-refractivity contribution in [1.29, 1.82) is 0 Å². The van der Waals surface area contributed by atoms with E-state index in [1.165, 1.54) is 12.1 Å². The van der Waals surface area contributed by atoms with E-state index in [0.29, 0.717) is 6.54 Å². The molecule has 0 fully saturated rings. The molecule has 1 amide bonds. The molecule has 0 unspecified atom stereocenters. The molecule has 0 bridgehead atoms. The number of carbonyl (C=O) groups excluding carboxylic acids is 1. The van der Waals surface area contributed by atoms with Gasteiger partial charge in [0, 0.05) is 6.20 Å². The fourth-order valence-electron chi connectivity index (χ4n) is 1.54. The van der Waals surface area contributed by atoms with E-state index >= 15 is 0 Å². The lowest BCUT2D eigenvalue weighted by atomic mass is 10.1. The van der Waals surface area contributed by atoms with Gasteiger partial charge in [-0.25, -0.2) is 4.39 Å². The van der Waals surface area contributed by atoms with Crippen molar-refractivity contribution in [2.75, 3.05) is 0 Å². The fourth-order valence-corrected chi connectivity index (χ4v) is 1.54. The smallest absolute Gasteiger partial charge is 0.224 e. The average Bonchev–Trinajstić information content (AvgIpc) is 2.40. The van der Waals surface area contributed by atoms with Crippen LogP contribution in [0, 0.1) is 5.82 Å². The zero-order chi connectivity index (χ0) is 12.8. The lowest BCUT2D eigenvalue weighted by Gasteiger charge is -2.04. The molecule has 2 aromatic rings. The summed E-state index contributed by atoms with van der Waals surface area (Å²) in [6.45, 7) is 0.404. The molecule has 0 saturated carbocycles. The molecular weight excluding hydrogens is 231 g/mol. The number of benzene rings is 1. The Morgan fingerprint density at radius 3 is 2.61 bits per heavy atom. The molecule has 0 aliphatic rings. The first-order valence-corrected chi connectivity index (χ1v) is 5.65. The van der Waals surface area contributed by atoms with Crippen LogP contribution in [0.15, 0.2) is 48.7 Å². The van der Waals surface area contributed by atoms with Crippen LogP contribution in [0.5, 0.6) is 0 Å². The molecule has 92 valence electrons. The first-order valence-electron chi connectivity index (χ1n) is 5.65. The summed E-state index contributed by atoms with van der Waals surface area (Å²) in [6, 6.07) is 11.4. The van der Waals surface area contributed by atoms with Crippen LogP contribution >= 0.6 is 0 Å². The van der Waals surface area contributed by atoms with Gasteiger partial charge in [-0.15, -0.1) is 0 Å². The Morgan fingerprint density at radius 1 is 1.17 bits per heavy atom. The highest BCUT2D eigenvalue weighted by Crippen LogP contribution is 2.03. The Labute approximate surface area is 105 Å². The second-order valence-corrected chi connectivity index (χ2v) is 3.90. The molecule has 1 aromatic carbocycles. The van der Waals surface area contributed by atoms with E-state index in [-0.39, 0.29) is 18.1 Å². The number of rotatable bonds is 4. The summed E-state index contributed by atoms with van der Waals surface area (Å²) in [5.41, 5.74) is 1.60. The van der Waals surface area contributed by atoms with Crippen molar-refractivity contribution in [3.8, 4) is 0 Å². The van der Waals surface area contributed by atoms with Crippen LogP contribution < -0.4 is 5.32 Å². The van der Waals surface area contributed by atoms with Crippen molar-refractivity contribution >= 4 is 5.91 Å². The first kappa shape index (κ1) is 12.2. The van der Waals surface area contributed by atoms with E-state index in [4.69, 9.17) is 0 Å².